The Balaban J connectivity index is 2.02. The molecular formula is C17H18N2O3. The van der Waals surface area contributed by atoms with Crippen molar-refractivity contribution in [3.63, 3.8) is 0 Å². The van der Waals surface area contributed by atoms with Crippen molar-refractivity contribution in [2.45, 2.75) is 13.0 Å². The van der Waals surface area contributed by atoms with Gasteiger partial charge in [0.1, 0.15) is 5.92 Å². The van der Waals surface area contributed by atoms with Crippen LogP contribution in [-0.4, -0.2) is 17.0 Å². The average molecular weight is 298 g/mol. The minimum absolute atomic E-state index is 0.230. The number of hydrogen-bond acceptors (Lipinski definition) is 3. The van der Waals surface area contributed by atoms with Crippen molar-refractivity contribution < 1.29 is 14.8 Å². The quantitative estimate of drug-likeness (QED) is 0.431. The molecule has 0 spiro atoms. The van der Waals surface area contributed by atoms with E-state index < -0.39 is 17.7 Å². The molecule has 2 aromatic rings. The van der Waals surface area contributed by atoms with Gasteiger partial charge in [0.2, 0.25) is 5.91 Å². The van der Waals surface area contributed by atoms with E-state index in [-0.39, 0.29) is 6.42 Å². The van der Waals surface area contributed by atoms with Gasteiger partial charge in [0.15, 0.2) is 0 Å². The van der Waals surface area contributed by atoms with E-state index in [2.05, 4.69) is 5.32 Å². The van der Waals surface area contributed by atoms with Crippen LogP contribution < -0.4 is 10.8 Å². The normalized spacial score (nSPS) is 11.5. The molecule has 2 aromatic carbocycles. The van der Waals surface area contributed by atoms with Crippen molar-refractivity contribution in [2.75, 3.05) is 0 Å². The molecule has 0 saturated heterocycles. The maximum atomic E-state index is 12.2. The minimum atomic E-state index is -0.976. The Hall–Kier alpha value is -2.66. The Morgan fingerprint density at radius 1 is 0.864 bits per heavy atom. The largest absolute Gasteiger partial charge is 0.351 e. The summed E-state index contributed by atoms with van der Waals surface area (Å²) in [6.45, 7) is 0.337. The second-order valence-electron chi connectivity index (χ2n) is 4.92. The van der Waals surface area contributed by atoms with Crippen LogP contribution in [0.2, 0.25) is 0 Å². The van der Waals surface area contributed by atoms with Gasteiger partial charge in [0.25, 0.3) is 5.91 Å². The van der Waals surface area contributed by atoms with Crippen molar-refractivity contribution in [2.24, 2.45) is 5.92 Å². The first kappa shape index (κ1) is 15.7. The topological polar surface area (TPSA) is 78.4 Å². The Bertz CT molecular complexity index is 614. The molecule has 0 aliphatic carbocycles. The van der Waals surface area contributed by atoms with Gasteiger partial charge in [-0.2, -0.15) is 0 Å². The van der Waals surface area contributed by atoms with Crippen LogP contribution in [0, 0.1) is 5.92 Å². The number of amides is 2. The summed E-state index contributed by atoms with van der Waals surface area (Å²) in [6.07, 6.45) is 0.230. The van der Waals surface area contributed by atoms with E-state index in [9.17, 15) is 9.59 Å². The summed E-state index contributed by atoms with van der Waals surface area (Å²) in [5.74, 6) is -2.11. The van der Waals surface area contributed by atoms with Crippen LogP contribution in [0.15, 0.2) is 60.7 Å². The van der Waals surface area contributed by atoms with Gasteiger partial charge < -0.3 is 5.32 Å². The van der Waals surface area contributed by atoms with E-state index in [4.69, 9.17) is 5.21 Å². The molecule has 0 aliphatic heterocycles. The smallest absolute Gasteiger partial charge is 0.256 e. The molecule has 5 heteroatoms. The Morgan fingerprint density at radius 2 is 1.41 bits per heavy atom. The molecule has 0 bridgehead atoms. The van der Waals surface area contributed by atoms with Crippen LogP contribution in [-0.2, 0) is 22.6 Å². The molecule has 1 atom stereocenters. The van der Waals surface area contributed by atoms with Crippen molar-refractivity contribution in [1.29, 1.82) is 0 Å². The number of rotatable bonds is 6. The molecule has 0 unspecified atom stereocenters. The Kier molecular flexibility index (Phi) is 5.68. The zero-order valence-corrected chi connectivity index (χ0v) is 12.0. The molecule has 2 rings (SSSR count). The SMILES string of the molecule is O=C(NO)[C@H](Cc1ccccc1)C(=O)NCc1ccccc1. The summed E-state index contributed by atoms with van der Waals surface area (Å²) >= 11 is 0. The van der Waals surface area contributed by atoms with Crippen LogP contribution in [0.5, 0.6) is 0 Å². The molecule has 5 nitrogen and oxygen atoms in total. The second kappa shape index (κ2) is 7.95. The Morgan fingerprint density at radius 3 is 1.95 bits per heavy atom. The van der Waals surface area contributed by atoms with Gasteiger partial charge in [-0.25, -0.2) is 5.48 Å². The Labute approximate surface area is 128 Å². The lowest BCUT2D eigenvalue weighted by Gasteiger charge is -2.15. The second-order valence-corrected chi connectivity index (χ2v) is 4.92. The molecule has 22 heavy (non-hydrogen) atoms. The van der Waals surface area contributed by atoms with Crippen LogP contribution in [0.25, 0.3) is 0 Å². The summed E-state index contributed by atoms with van der Waals surface area (Å²) in [4.78, 5) is 24.0. The first-order chi connectivity index (χ1) is 10.7. The predicted octanol–water partition coefficient (Wildman–Crippen LogP) is 1.67. The minimum Gasteiger partial charge on any atom is -0.351 e. The monoisotopic (exact) mass is 298 g/mol. The lowest BCUT2D eigenvalue weighted by Crippen LogP contribution is -2.41. The van der Waals surface area contributed by atoms with E-state index in [0.29, 0.717) is 6.54 Å². The third kappa shape index (κ3) is 4.43. The molecule has 2 amide bonds. The lowest BCUT2D eigenvalue weighted by molar-refractivity contribution is -0.140. The summed E-state index contributed by atoms with van der Waals surface area (Å²) in [5, 5.41) is 11.6. The van der Waals surface area contributed by atoms with Crippen molar-refractivity contribution in [1.82, 2.24) is 10.8 Å². The van der Waals surface area contributed by atoms with Crippen LogP contribution in [0.1, 0.15) is 11.1 Å². The van der Waals surface area contributed by atoms with E-state index in [1.807, 2.05) is 60.7 Å². The standard InChI is InChI=1S/C17H18N2O3/c20-16(18-12-14-9-5-2-6-10-14)15(17(21)19-22)11-13-7-3-1-4-8-13/h1-10,15,22H,11-12H2,(H,18,20)(H,19,21)/t15-/m1/s1. The molecule has 0 aromatic heterocycles. The molecular weight excluding hydrogens is 280 g/mol. The third-order valence-corrected chi connectivity index (χ3v) is 3.34. The molecule has 0 saturated carbocycles. The molecule has 0 heterocycles. The predicted molar refractivity (Wildman–Crippen MR) is 81.9 cm³/mol. The highest BCUT2D eigenvalue weighted by atomic mass is 16.5. The zero-order chi connectivity index (χ0) is 15.8. The number of carbonyl (C=O) groups excluding carboxylic acids is 2. The summed E-state index contributed by atoms with van der Waals surface area (Å²) in [7, 11) is 0. The fourth-order valence-corrected chi connectivity index (χ4v) is 2.14. The third-order valence-electron chi connectivity index (χ3n) is 3.34. The van der Waals surface area contributed by atoms with Crippen molar-refractivity contribution >= 4 is 11.8 Å². The molecule has 3 N–H and O–H groups in total. The fourth-order valence-electron chi connectivity index (χ4n) is 2.14. The molecule has 0 radical (unpaired) electrons. The van der Waals surface area contributed by atoms with Gasteiger partial charge in [-0.1, -0.05) is 60.7 Å². The number of carbonyl (C=O) groups is 2. The average Bonchev–Trinajstić information content (AvgIpc) is 2.58. The van der Waals surface area contributed by atoms with Gasteiger partial charge in [0, 0.05) is 6.54 Å². The lowest BCUT2D eigenvalue weighted by atomic mass is 9.97. The van der Waals surface area contributed by atoms with E-state index in [1.54, 1.807) is 5.48 Å². The highest BCUT2D eigenvalue weighted by molar-refractivity contribution is 6.00. The van der Waals surface area contributed by atoms with Gasteiger partial charge in [-0.05, 0) is 17.5 Å². The highest BCUT2D eigenvalue weighted by Crippen LogP contribution is 2.10. The van der Waals surface area contributed by atoms with E-state index in [1.165, 1.54) is 0 Å². The van der Waals surface area contributed by atoms with Crippen LogP contribution in [0.3, 0.4) is 0 Å². The molecule has 114 valence electrons. The first-order valence-electron chi connectivity index (χ1n) is 7.00. The number of hydroxylamine groups is 1. The number of benzene rings is 2. The van der Waals surface area contributed by atoms with Gasteiger partial charge in [-0.15, -0.1) is 0 Å². The number of nitrogens with one attached hydrogen (secondary N) is 2. The summed E-state index contributed by atoms with van der Waals surface area (Å²) in [6, 6.07) is 18.6. The van der Waals surface area contributed by atoms with Crippen LogP contribution in [0.4, 0.5) is 0 Å². The van der Waals surface area contributed by atoms with E-state index >= 15 is 0 Å². The maximum absolute atomic E-state index is 12.2. The molecule has 0 aliphatic rings. The van der Waals surface area contributed by atoms with Gasteiger partial charge in [-0.3, -0.25) is 14.8 Å². The van der Waals surface area contributed by atoms with Crippen molar-refractivity contribution in [3.05, 3.63) is 71.8 Å². The highest BCUT2D eigenvalue weighted by Gasteiger charge is 2.26. The summed E-state index contributed by atoms with van der Waals surface area (Å²) in [5.41, 5.74) is 3.36. The zero-order valence-electron chi connectivity index (χ0n) is 12.0. The van der Waals surface area contributed by atoms with Crippen LogP contribution >= 0.6 is 0 Å². The van der Waals surface area contributed by atoms with Crippen molar-refractivity contribution in [3.8, 4) is 0 Å². The van der Waals surface area contributed by atoms with Gasteiger partial charge in [0.05, 0.1) is 0 Å². The maximum Gasteiger partial charge on any atom is 0.256 e. The number of hydrogen-bond donors (Lipinski definition) is 3. The first-order valence-corrected chi connectivity index (χ1v) is 7.00. The fraction of sp³-hybridized carbons (Fsp3) is 0.176. The van der Waals surface area contributed by atoms with Gasteiger partial charge >= 0.3 is 0 Å². The van der Waals surface area contributed by atoms with E-state index in [0.717, 1.165) is 11.1 Å². The molecule has 0 fully saturated rings. The summed E-state index contributed by atoms with van der Waals surface area (Å²) < 4.78 is 0.